The van der Waals surface area contributed by atoms with Gasteiger partial charge in [-0.1, -0.05) is 23.2 Å². The fourth-order valence-corrected chi connectivity index (χ4v) is 9.51. The average Bonchev–Trinajstić information content (AvgIpc) is 1.67. The molecule has 8 N–H and O–H groups in total. The first-order chi connectivity index (χ1) is 41.6. The van der Waals surface area contributed by atoms with E-state index in [4.69, 9.17) is 86.3 Å². The second-order valence-corrected chi connectivity index (χ2v) is 20.7. The standard InChI is InChI=1S/C23H29ClFN3O4.C15H23FN2O2.C15H20FNO3.C8H10ClNO3/c1-30-21-13-19(26)18(24)12-17(21)23(29)27-20-8-10-28(14-22(20)31-2)9-3-11-32-16-6-4-15(25)5-7-16;1-19-15-11-18(9-7-14(15)17)8-2-10-20-13-5-3-12(16)4-6-13;1-19-15-11-17(9-7-14(15)18)8-2-10-20-13-5-3-12(16)4-6-13;1-12-8-3-7(10)6(9)2-5(8)4-13-11/h4-7,12-13,20,22H,3,8-11,14,26H2,1-2H3,(H,27,29);3-6,14-15H,2,7-11,17H2,1H3;3-6,15H,2,7-11H2,1H3;2-3,11H,4,10H2,1H3/i20T;14T;;. The average molecular weight is 1240 g/mol. The monoisotopic (exact) mass is 1240 g/mol. The number of ketones is 1. The summed E-state index contributed by atoms with van der Waals surface area (Å²) in [5.41, 5.74) is 18.8. The number of nitrogen functional groups attached to an aromatic ring is 2. The number of carbonyl (C=O) groups excluding carboxylic acids is 2. The van der Waals surface area contributed by atoms with E-state index in [0.717, 1.165) is 52.0 Å². The predicted octanol–water partition coefficient (Wildman–Crippen LogP) is 8.81. The number of likely N-dealkylation sites (tertiary alicyclic amines) is 3. The zero-order chi connectivity index (χ0) is 63.5. The van der Waals surface area contributed by atoms with Gasteiger partial charge in [0.05, 0.1) is 80.6 Å². The molecular formula is C61H82Cl2F3N7O12. The lowest BCUT2D eigenvalue weighted by Crippen LogP contribution is -2.55. The lowest BCUT2D eigenvalue weighted by molar-refractivity contribution is -0.253. The molecule has 5 aromatic rings. The molecule has 24 heteroatoms. The maximum atomic E-state index is 13.0. The maximum Gasteiger partial charge on any atom is 0.255 e. The van der Waals surface area contributed by atoms with E-state index in [-0.39, 0.29) is 58.4 Å². The van der Waals surface area contributed by atoms with Gasteiger partial charge >= 0.3 is 0 Å². The van der Waals surface area contributed by atoms with Crippen molar-refractivity contribution in [3.63, 3.8) is 0 Å². The number of piperidine rings is 3. The number of amides is 1. The molecule has 3 fully saturated rings. The number of hydrogen-bond donors (Lipinski definition) is 5. The summed E-state index contributed by atoms with van der Waals surface area (Å²) in [7, 11) is 7.64. The van der Waals surface area contributed by atoms with Crippen molar-refractivity contribution in [3.05, 3.63) is 136 Å². The Labute approximate surface area is 509 Å². The molecule has 5 atom stereocenters. The number of nitrogens with one attached hydrogen (secondary N) is 1. The molecule has 0 radical (unpaired) electrons. The highest BCUT2D eigenvalue weighted by Gasteiger charge is 2.32. The van der Waals surface area contributed by atoms with Crippen LogP contribution in [0.25, 0.3) is 0 Å². The van der Waals surface area contributed by atoms with Gasteiger partial charge in [-0.3, -0.25) is 19.7 Å². The molecule has 3 aliphatic rings. The summed E-state index contributed by atoms with van der Waals surface area (Å²) in [6, 6.07) is 21.7. The first-order valence-corrected chi connectivity index (χ1v) is 28.5. The Hall–Kier alpha value is -6.15. The molecule has 0 aliphatic carbocycles. The second kappa shape index (κ2) is 37.4. The SMILES string of the molecule is COC1CN(CCCOc2ccc(F)cc2)CCC1=O.COc1cc(N)c(Cl)cc1COO.[3H]C1(N)CCN(CCCOc2ccc(F)cc2)CC1OC.[3H]C1(NC(=O)c2cc(Cl)c(N)cc2OC)CCN(CCCOc2ccc(F)cc2)CC1OC. The van der Waals surface area contributed by atoms with Gasteiger partial charge in [0.15, 0.2) is 5.78 Å². The van der Waals surface area contributed by atoms with E-state index >= 15 is 0 Å². The summed E-state index contributed by atoms with van der Waals surface area (Å²) >= 11 is 11.8. The highest BCUT2D eigenvalue weighted by Crippen LogP contribution is 2.31. The van der Waals surface area contributed by atoms with Gasteiger partial charge in [0.1, 0.15) is 58.9 Å². The van der Waals surface area contributed by atoms with Gasteiger partial charge in [0.25, 0.3) is 5.91 Å². The number of ether oxygens (including phenoxy) is 8. The summed E-state index contributed by atoms with van der Waals surface area (Å²) in [6.45, 7) is 8.16. The summed E-state index contributed by atoms with van der Waals surface area (Å²) in [6.07, 6.45) is 2.93. The van der Waals surface area contributed by atoms with Gasteiger partial charge in [-0.05, 0) is 124 Å². The third-order valence-electron chi connectivity index (χ3n) is 13.9. The van der Waals surface area contributed by atoms with Gasteiger partial charge in [0.2, 0.25) is 0 Å². The topological polar surface area (TPSA) is 237 Å². The number of benzene rings is 5. The molecule has 3 heterocycles. The number of carbonyl (C=O) groups is 2. The van der Waals surface area contributed by atoms with Crippen molar-refractivity contribution in [3.8, 4) is 28.7 Å². The Morgan fingerprint density at radius 1 is 0.635 bits per heavy atom. The van der Waals surface area contributed by atoms with E-state index in [1.807, 2.05) is 0 Å². The number of anilines is 2. The second-order valence-electron chi connectivity index (χ2n) is 19.8. The van der Waals surface area contributed by atoms with Crippen LogP contribution >= 0.6 is 23.2 Å². The quantitative estimate of drug-likeness (QED) is 0.0168. The normalized spacial score (nSPS) is 21.0. The van der Waals surface area contributed by atoms with Crippen molar-refractivity contribution in [1.82, 2.24) is 20.0 Å². The van der Waals surface area contributed by atoms with Crippen LogP contribution in [-0.4, -0.2) is 176 Å². The number of hydrogen-bond acceptors (Lipinski definition) is 18. The van der Waals surface area contributed by atoms with Crippen LogP contribution in [0.5, 0.6) is 28.7 Å². The van der Waals surface area contributed by atoms with Crippen LogP contribution in [-0.2, 0) is 30.5 Å². The zero-order valence-electron chi connectivity index (χ0n) is 50.8. The molecule has 0 aromatic heterocycles. The van der Waals surface area contributed by atoms with Crippen LogP contribution in [0.2, 0.25) is 10.0 Å². The Kier molecular flexibility index (Phi) is 29.2. The maximum absolute atomic E-state index is 13.0. The first-order valence-electron chi connectivity index (χ1n) is 28.7. The molecule has 0 bridgehead atoms. The molecular weight excluding hydrogens is 1150 g/mol. The van der Waals surface area contributed by atoms with Gasteiger partial charge in [-0.2, -0.15) is 0 Å². The van der Waals surface area contributed by atoms with E-state index in [1.54, 1.807) is 62.8 Å². The molecule has 0 saturated carbocycles. The number of methoxy groups -OCH3 is 5. The molecule has 85 heavy (non-hydrogen) atoms. The third-order valence-corrected chi connectivity index (χ3v) is 14.6. The number of rotatable bonds is 24. The molecule has 3 saturated heterocycles. The van der Waals surface area contributed by atoms with E-state index in [2.05, 4.69) is 24.9 Å². The van der Waals surface area contributed by atoms with Crippen molar-refractivity contribution in [2.24, 2.45) is 5.73 Å². The molecule has 5 aromatic carbocycles. The van der Waals surface area contributed by atoms with E-state index < -0.39 is 24.0 Å². The van der Waals surface area contributed by atoms with Gasteiger partial charge in [0, 0.05) is 105 Å². The van der Waals surface area contributed by atoms with Crippen LogP contribution in [0, 0.1) is 17.5 Å². The number of halogens is 5. The smallest absolute Gasteiger partial charge is 0.255 e. The summed E-state index contributed by atoms with van der Waals surface area (Å²) in [5, 5.41) is 11.7. The van der Waals surface area contributed by atoms with Gasteiger partial charge < -0.3 is 70.2 Å². The van der Waals surface area contributed by atoms with Crippen LogP contribution in [0.1, 0.15) is 57.2 Å². The molecule has 3 aliphatic heterocycles. The minimum atomic E-state index is -1.31. The van der Waals surface area contributed by atoms with Crippen molar-refractivity contribution >= 4 is 46.3 Å². The molecule has 5 unspecified atom stereocenters. The van der Waals surface area contributed by atoms with Crippen LogP contribution in [0.15, 0.2) is 97.1 Å². The molecule has 8 rings (SSSR count). The van der Waals surface area contributed by atoms with Crippen LogP contribution in [0.3, 0.4) is 0 Å². The summed E-state index contributed by atoms with van der Waals surface area (Å²) < 4.78 is 98.3. The van der Waals surface area contributed by atoms with Gasteiger partial charge in [-0.25, -0.2) is 18.1 Å². The van der Waals surface area contributed by atoms with E-state index in [0.29, 0.717) is 110 Å². The van der Waals surface area contributed by atoms with Crippen molar-refractivity contribution in [2.45, 2.75) is 75.5 Å². The lowest BCUT2D eigenvalue weighted by atomic mass is 10.0. The minimum Gasteiger partial charge on any atom is -0.496 e. The zero-order valence-corrected chi connectivity index (χ0v) is 50.3. The Balaban J connectivity index is 0.000000223. The largest absolute Gasteiger partial charge is 0.496 e. The van der Waals surface area contributed by atoms with Crippen molar-refractivity contribution in [1.29, 1.82) is 0 Å². The van der Waals surface area contributed by atoms with Gasteiger partial charge in [-0.15, -0.1) is 0 Å². The number of nitrogens with two attached hydrogens (primary N) is 3. The molecule has 19 nitrogen and oxygen atoms in total. The van der Waals surface area contributed by atoms with E-state index in [9.17, 15) is 22.8 Å². The van der Waals surface area contributed by atoms with Crippen molar-refractivity contribution < 1.29 is 73.5 Å². The molecule has 0 spiro atoms. The lowest BCUT2D eigenvalue weighted by Gasteiger charge is -2.38. The fraction of sp³-hybridized carbons (Fsp3) is 0.475. The number of nitrogens with zero attached hydrogens (tertiary/aromatic N) is 3. The Morgan fingerprint density at radius 2 is 1.08 bits per heavy atom. The number of Topliss-reactive ketones (excluding diaryl/α,β-unsaturated/α-hetero) is 1. The highest BCUT2D eigenvalue weighted by atomic mass is 35.5. The molecule has 1 amide bonds. The Morgan fingerprint density at radius 3 is 1.54 bits per heavy atom. The Bertz CT molecular complexity index is 2880. The molecule has 468 valence electrons. The third kappa shape index (κ3) is 23.9. The van der Waals surface area contributed by atoms with Crippen LogP contribution in [0.4, 0.5) is 24.5 Å². The first kappa shape index (κ1) is 66.4. The summed E-state index contributed by atoms with van der Waals surface area (Å²) in [4.78, 5) is 35.1. The van der Waals surface area contributed by atoms with Crippen molar-refractivity contribution in [2.75, 3.05) is 126 Å². The van der Waals surface area contributed by atoms with E-state index in [1.165, 1.54) is 69.9 Å². The van der Waals surface area contributed by atoms with Crippen LogP contribution < -0.4 is 46.2 Å². The fourth-order valence-electron chi connectivity index (χ4n) is 9.16. The highest BCUT2D eigenvalue weighted by molar-refractivity contribution is 6.33. The minimum absolute atomic E-state index is 0.0170. The summed E-state index contributed by atoms with van der Waals surface area (Å²) in [5.74, 6) is 1.68. The predicted molar refractivity (Wildman–Crippen MR) is 322 cm³/mol.